The molecule has 6 heteroatoms. The van der Waals surface area contributed by atoms with Crippen molar-refractivity contribution in [3.8, 4) is 0 Å². The van der Waals surface area contributed by atoms with E-state index in [4.69, 9.17) is 16.3 Å². The fraction of sp³-hybridized carbons (Fsp3) is 0.412. The zero-order valence-electron chi connectivity index (χ0n) is 13.1. The Morgan fingerprint density at radius 2 is 2.00 bits per heavy atom. The molecule has 0 spiro atoms. The Labute approximate surface area is 140 Å². The second-order valence-electron chi connectivity index (χ2n) is 5.75. The first-order chi connectivity index (χ1) is 11.0. The van der Waals surface area contributed by atoms with Crippen LogP contribution in [0.2, 0.25) is 5.02 Å². The third-order valence-corrected chi connectivity index (χ3v) is 4.39. The summed E-state index contributed by atoms with van der Waals surface area (Å²) in [6, 6.07) is 6.61. The highest BCUT2D eigenvalue weighted by molar-refractivity contribution is 6.30. The van der Waals surface area contributed by atoms with Crippen molar-refractivity contribution in [3.05, 3.63) is 46.1 Å². The minimum Gasteiger partial charge on any atom is -0.463 e. The van der Waals surface area contributed by atoms with Crippen molar-refractivity contribution in [3.63, 3.8) is 0 Å². The van der Waals surface area contributed by atoms with Gasteiger partial charge in [-0.3, -0.25) is 4.90 Å². The molecule has 1 atom stereocenters. The normalized spacial score (nSPS) is 21.3. The molecule has 2 amide bonds. The van der Waals surface area contributed by atoms with E-state index in [9.17, 15) is 9.59 Å². The summed E-state index contributed by atoms with van der Waals surface area (Å²) < 4.78 is 5.21. The Bertz CT molecular complexity index is 665. The first kappa shape index (κ1) is 15.9. The molecule has 0 saturated heterocycles. The van der Waals surface area contributed by atoms with Crippen molar-refractivity contribution in [2.45, 2.75) is 38.8 Å². The van der Waals surface area contributed by atoms with Crippen molar-refractivity contribution in [1.82, 2.24) is 10.2 Å². The second-order valence-corrected chi connectivity index (χ2v) is 6.19. The number of amides is 2. The van der Waals surface area contributed by atoms with Crippen LogP contribution in [-0.2, 0) is 9.53 Å². The lowest BCUT2D eigenvalue weighted by atomic mass is 9.95. The summed E-state index contributed by atoms with van der Waals surface area (Å²) in [5.74, 6) is -0.393. The highest BCUT2D eigenvalue weighted by atomic mass is 35.5. The van der Waals surface area contributed by atoms with Crippen LogP contribution in [0, 0.1) is 0 Å². The van der Waals surface area contributed by atoms with Gasteiger partial charge in [0.15, 0.2) is 0 Å². The SMILES string of the molecule is CCOC(=O)C1=C(C)N(C2CC2)C(=O)N[C@@H]1c1ccc(Cl)cc1. The van der Waals surface area contributed by atoms with Crippen LogP contribution >= 0.6 is 11.6 Å². The van der Waals surface area contributed by atoms with Gasteiger partial charge in [-0.05, 0) is 44.4 Å². The first-order valence-electron chi connectivity index (χ1n) is 7.76. The van der Waals surface area contributed by atoms with E-state index in [1.54, 1.807) is 24.0 Å². The maximum Gasteiger partial charge on any atom is 0.338 e. The Hall–Kier alpha value is -2.01. The summed E-state index contributed by atoms with van der Waals surface area (Å²) in [5.41, 5.74) is 1.97. The Morgan fingerprint density at radius 3 is 2.57 bits per heavy atom. The van der Waals surface area contributed by atoms with Gasteiger partial charge < -0.3 is 10.1 Å². The molecule has 0 radical (unpaired) electrons. The minimum absolute atomic E-state index is 0.169. The molecular weight excluding hydrogens is 316 g/mol. The summed E-state index contributed by atoms with van der Waals surface area (Å²) in [6.07, 6.45) is 1.93. The predicted molar refractivity (Wildman–Crippen MR) is 86.9 cm³/mol. The number of nitrogens with one attached hydrogen (secondary N) is 1. The number of ether oxygens (including phenoxy) is 1. The molecule has 5 nitrogen and oxygen atoms in total. The van der Waals surface area contributed by atoms with Crippen LogP contribution in [0.4, 0.5) is 4.79 Å². The van der Waals surface area contributed by atoms with E-state index in [2.05, 4.69) is 5.32 Å². The quantitative estimate of drug-likeness (QED) is 0.858. The van der Waals surface area contributed by atoms with Gasteiger partial charge in [-0.25, -0.2) is 9.59 Å². The number of hydrogen-bond acceptors (Lipinski definition) is 3. The lowest BCUT2D eigenvalue weighted by Crippen LogP contribution is -2.48. The van der Waals surface area contributed by atoms with Gasteiger partial charge >= 0.3 is 12.0 Å². The molecule has 122 valence electrons. The standard InChI is InChI=1S/C17H19ClN2O3/c1-3-23-16(21)14-10(2)20(13-8-9-13)17(22)19-15(14)11-4-6-12(18)7-5-11/h4-7,13,15H,3,8-9H2,1-2H3,(H,19,22)/t15-/m1/s1. The van der Waals surface area contributed by atoms with Crippen LogP contribution in [0.25, 0.3) is 0 Å². The molecule has 23 heavy (non-hydrogen) atoms. The van der Waals surface area contributed by atoms with Gasteiger partial charge in [0.2, 0.25) is 0 Å². The molecular formula is C17H19ClN2O3. The lowest BCUT2D eigenvalue weighted by molar-refractivity contribution is -0.139. The molecule has 3 rings (SSSR count). The van der Waals surface area contributed by atoms with Crippen molar-refractivity contribution in [2.75, 3.05) is 6.61 Å². The number of benzene rings is 1. The summed E-state index contributed by atoms with van der Waals surface area (Å²) in [7, 11) is 0. The molecule has 0 bridgehead atoms. The van der Waals surface area contributed by atoms with Crippen LogP contribution < -0.4 is 5.32 Å². The minimum atomic E-state index is -0.520. The van der Waals surface area contributed by atoms with E-state index in [1.165, 1.54) is 0 Å². The summed E-state index contributed by atoms with van der Waals surface area (Å²) in [4.78, 5) is 26.6. The number of carbonyl (C=O) groups excluding carboxylic acids is 2. The number of esters is 1. The molecule has 0 aromatic heterocycles. The van der Waals surface area contributed by atoms with E-state index in [1.807, 2.05) is 19.1 Å². The molecule has 1 saturated carbocycles. The van der Waals surface area contributed by atoms with Crippen molar-refractivity contribution in [2.24, 2.45) is 0 Å². The van der Waals surface area contributed by atoms with Crippen LogP contribution in [0.1, 0.15) is 38.3 Å². The zero-order chi connectivity index (χ0) is 16.6. The molecule has 1 aromatic rings. The smallest absolute Gasteiger partial charge is 0.338 e. The van der Waals surface area contributed by atoms with Crippen LogP contribution in [0.3, 0.4) is 0 Å². The Morgan fingerprint density at radius 1 is 1.35 bits per heavy atom. The molecule has 0 unspecified atom stereocenters. The van der Waals surface area contributed by atoms with Gasteiger partial charge in [-0.15, -0.1) is 0 Å². The van der Waals surface area contributed by atoms with Gasteiger partial charge in [0, 0.05) is 16.8 Å². The van der Waals surface area contributed by atoms with Gasteiger partial charge in [0.1, 0.15) is 0 Å². The number of carbonyl (C=O) groups is 2. The van der Waals surface area contributed by atoms with E-state index < -0.39 is 12.0 Å². The molecule has 1 fully saturated rings. The molecule has 1 aromatic carbocycles. The average molecular weight is 335 g/mol. The predicted octanol–water partition coefficient (Wildman–Crippen LogP) is 3.41. The fourth-order valence-electron chi connectivity index (χ4n) is 2.91. The number of nitrogens with zero attached hydrogens (tertiary/aromatic N) is 1. The number of urea groups is 1. The topological polar surface area (TPSA) is 58.6 Å². The molecule has 1 aliphatic carbocycles. The number of rotatable bonds is 4. The second kappa shape index (κ2) is 6.24. The van der Waals surface area contributed by atoms with E-state index in [0.29, 0.717) is 22.9 Å². The maximum absolute atomic E-state index is 12.5. The van der Waals surface area contributed by atoms with Crippen LogP contribution in [0.5, 0.6) is 0 Å². The molecule has 1 N–H and O–H groups in total. The zero-order valence-corrected chi connectivity index (χ0v) is 13.9. The van der Waals surface area contributed by atoms with Gasteiger partial charge in [-0.2, -0.15) is 0 Å². The average Bonchev–Trinajstić information content (AvgIpc) is 3.32. The van der Waals surface area contributed by atoms with E-state index >= 15 is 0 Å². The number of allylic oxidation sites excluding steroid dienone is 1. The van der Waals surface area contributed by atoms with Crippen LogP contribution in [-0.4, -0.2) is 29.5 Å². The van der Waals surface area contributed by atoms with Crippen molar-refractivity contribution >= 4 is 23.6 Å². The summed E-state index contributed by atoms with van der Waals surface area (Å²) in [5, 5.41) is 3.53. The van der Waals surface area contributed by atoms with E-state index in [0.717, 1.165) is 18.4 Å². The Kier molecular flexibility index (Phi) is 4.31. The number of halogens is 1. The van der Waals surface area contributed by atoms with Gasteiger partial charge in [-0.1, -0.05) is 23.7 Å². The third-order valence-electron chi connectivity index (χ3n) is 4.14. The van der Waals surface area contributed by atoms with Gasteiger partial charge in [0.25, 0.3) is 0 Å². The molecule has 2 aliphatic rings. The monoisotopic (exact) mass is 334 g/mol. The summed E-state index contributed by atoms with van der Waals surface area (Å²) in [6.45, 7) is 3.87. The largest absolute Gasteiger partial charge is 0.463 e. The van der Waals surface area contributed by atoms with E-state index in [-0.39, 0.29) is 12.1 Å². The lowest BCUT2D eigenvalue weighted by Gasteiger charge is -2.35. The van der Waals surface area contributed by atoms with Crippen molar-refractivity contribution in [1.29, 1.82) is 0 Å². The molecule has 1 aliphatic heterocycles. The fourth-order valence-corrected chi connectivity index (χ4v) is 3.03. The highest BCUT2D eigenvalue weighted by Gasteiger charge is 2.42. The number of hydrogen-bond donors (Lipinski definition) is 1. The van der Waals surface area contributed by atoms with Gasteiger partial charge in [0.05, 0.1) is 18.2 Å². The first-order valence-corrected chi connectivity index (χ1v) is 8.13. The summed E-state index contributed by atoms with van der Waals surface area (Å²) >= 11 is 5.93. The van der Waals surface area contributed by atoms with Crippen LogP contribution in [0.15, 0.2) is 35.5 Å². The third kappa shape index (κ3) is 3.06. The maximum atomic E-state index is 12.5. The Balaban J connectivity index is 2.04. The van der Waals surface area contributed by atoms with Crippen molar-refractivity contribution < 1.29 is 14.3 Å². The molecule has 1 heterocycles. The highest BCUT2D eigenvalue weighted by Crippen LogP contribution is 2.38.